The van der Waals surface area contributed by atoms with Crippen LogP contribution in [0.4, 0.5) is 0 Å². The molecule has 0 saturated heterocycles. The Morgan fingerprint density at radius 1 is 1.42 bits per heavy atom. The van der Waals surface area contributed by atoms with Gasteiger partial charge in [-0.1, -0.05) is 0 Å². The first-order chi connectivity index (χ1) is 9.24. The molecule has 19 heavy (non-hydrogen) atoms. The van der Waals surface area contributed by atoms with Gasteiger partial charge in [-0.2, -0.15) is 4.98 Å². The molecule has 3 rings (SSSR count). The molecular formula is C11H11N7O. The number of imidazole rings is 1. The smallest absolute Gasteiger partial charge is 0.291 e. The first kappa shape index (κ1) is 11.3. The number of hydrogen-bond acceptors (Lipinski definition) is 5. The number of nitrogens with zero attached hydrogens (tertiary/aromatic N) is 5. The number of fused-ring (bicyclic) bond motifs is 1. The second-order valence-corrected chi connectivity index (χ2v) is 3.95. The first-order valence-electron chi connectivity index (χ1n) is 5.69. The van der Waals surface area contributed by atoms with Crippen molar-refractivity contribution >= 4 is 11.7 Å². The second kappa shape index (κ2) is 4.48. The lowest BCUT2D eigenvalue weighted by molar-refractivity contribution is 0.0940. The summed E-state index contributed by atoms with van der Waals surface area (Å²) in [6.07, 6.45) is 4.94. The van der Waals surface area contributed by atoms with Crippen LogP contribution in [0.15, 0.2) is 24.7 Å². The summed E-state index contributed by atoms with van der Waals surface area (Å²) >= 11 is 0. The van der Waals surface area contributed by atoms with E-state index in [-0.39, 0.29) is 11.7 Å². The Bertz CT molecular complexity index is 716. The van der Waals surface area contributed by atoms with Crippen LogP contribution in [0.2, 0.25) is 0 Å². The molecule has 0 aliphatic rings. The van der Waals surface area contributed by atoms with Gasteiger partial charge in [0.25, 0.3) is 11.7 Å². The molecule has 0 saturated carbocycles. The standard InChI is InChI=1S/C11H11N7O/c1-7-2-3-14-11-16-9(17-18(7)11)10(19)15-6-8-12-4-5-13-8/h2-5H,6H2,1H3,(H,12,13)(H,15,19). The highest BCUT2D eigenvalue weighted by molar-refractivity contribution is 5.90. The SMILES string of the molecule is Cc1ccnc2nc(C(=O)NCc3ncc[nH]3)nn12. The Morgan fingerprint density at radius 3 is 3.05 bits per heavy atom. The van der Waals surface area contributed by atoms with Gasteiger partial charge < -0.3 is 10.3 Å². The van der Waals surface area contributed by atoms with Crippen LogP contribution in [0.3, 0.4) is 0 Å². The van der Waals surface area contributed by atoms with E-state index in [2.05, 4.69) is 30.4 Å². The summed E-state index contributed by atoms with van der Waals surface area (Å²) in [5.41, 5.74) is 0.864. The molecule has 3 aromatic heterocycles. The normalized spacial score (nSPS) is 10.8. The first-order valence-corrected chi connectivity index (χ1v) is 5.69. The van der Waals surface area contributed by atoms with Crippen molar-refractivity contribution in [3.63, 3.8) is 0 Å². The van der Waals surface area contributed by atoms with Crippen molar-refractivity contribution in [1.82, 2.24) is 34.9 Å². The molecule has 0 atom stereocenters. The summed E-state index contributed by atoms with van der Waals surface area (Å²) in [4.78, 5) is 26.9. The van der Waals surface area contributed by atoms with E-state index in [1.165, 1.54) is 4.52 Å². The van der Waals surface area contributed by atoms with Crippen LogP contribution in [-0.2, 0) is 6.54 Å². The van der Waals surface area contributed by atoms with E-state index in [0.29, 0.717) is 18.1 Å². The fourth-order valence-electron chi connectivity index (χ4n) is 1.64. The number of H-pyrrole nitrogens is 1. The van der Waals surface area contributed by atoms with Crippen molar-refractivity contribution in [2.45, 2.75) is 13.5 Å². The average Bonchev–Trinajstić information content (AvgIpc) is 3.05. The maximum absolute atomic E-state index is 11.9. The van der Waals surface area contributed by atoms with Crippen molar-refractivity contribution in [2.75, 3.05) is 0 Å². The van der Waals surface area contributed by atoms with Gasteiger partial charge in [0, 0.05) is 24.3 Å². The van der Waals surface area contributed by atoms with Crippen LogP contribution in [-0.4, -0.2) is 35.5 Å². The molecule has 2 N–H and O–H groups in total. The lowest BCUT2D eigenvalue weighted by Crippen LogP contribution is -2.24. The highest BCUT2D eigenvalue weighted by Gasteiger charge is 2.14. The number of aromatic amines is 1. The summed E-state index contributed by atoms with van der Waals surface area (Å²) in [5.74, 6) is 0.809. The third-order valence-corrected chi connectivity index (χ3v) is 2.60. The van der Waals surface area contributed by atoms with Crippen molar-refractivity contribution in [3.05, 3.63) is 42.0 Å². The van der Waals surface area contributed by atoms with E-state index >= 15 is 0 Å². The zero-order valence-electron chi connectivity index (χ0n) is 10.2. The number of rotatable bonds is 3. The number of nitrogens with one attached hydrogen (secondary N) is 2. The number of amides is 1. The van der Waals surface area contributed by atoms with Gasteiger partial charge in [-0.15, -0.1) is 5.10 Å². The predicted octanol–water partition coefficient (Wildman–Crippen LogP) is 0.0858. The molecule has 0 unspecified atom stereocenters. The largest absolute Gasteiger partial charge is 0.347 e. The molecule has 0 aromatic carbocycles. The maximum atomic E-state index is 11.9. The van der Waals surface area contributed by atoms with Gasteiger partial charge in [0.2, 0.25) is 5.82 Å². The van der Waals surface area contributed by atoms with Gasteiger partial charge in [0.1, 0.15) is 5.82 Å². The zero-order valence-corrected chi connectivity index (χ0v) is 10.2. The summed E-state index contributed by atoms with van der Waals surface area (Å²) in [7, 11) is 0. The summed E-state index contributed by atoms with van der Waals surface area (Å²) in [6.45, 7) is 2.17. The number of aromatic nitrogens is 6. The fourth-order valence-corrected chi connectivity index (χ4v) is 1.64. The molecule has 1 amide bonds. The van der Waals surface area contributed by atoms with E-state index in [1.807, 2.05) is 6.92 Å². The molecular weight excluding hydrogens is 246 g/mol. The minimum Gasteiger partial charge on any atom is -0.347 e. The highest BCUT2D eigenvalue weighted by atomic mass is 16.2. The molecule has 0 bridgehead atoms. The molecule has 3 aromatic rings. The Kier molecular flexibility index (Phi) is 2.67. The van der Waals surface area contributed by atoms with Crippen LogP contribution in [0.5, 0.6) is 0 Å². The van der Waals surface area contributed by atoms with E-state index in [0.717, 1.165) is 5.69 Å². The lowest BCUT2D eigenvalue weighted by atomic mass is 10.5. The summed E-state index contributed by atoms with van der Waals surface area (Å²) < 4.78 is 1.53. The summed E-state index contributed by atoms with van der Waals surface area (Å²) in [6, 6.07) is 1.80. The molecule has 0 spiro atoms. The van der Waals surface area contributed by atoms with Gasteiger partial charge in [-0.3, -0.25) is 4.79 Å². The van der Waals surface area contributed by atoms with Crippen LogP contribution < -0.4 is 5.32 Å². The van der Waals surface area contributed by atoms with Crippen LogP contribution in [0.1, 0.15) is 22.1 Å². The van der Waals surface area contributed by atoms with Crippen LogP contribution in [0, 0.1) is 6.92 Å². The molecule has 3 heterocycles. The number of hydrogen-bond donors (Lipinski definition) is 2. The van der Waals surface area contributed by atoms with Crippen molar-refractivity contribution in [1.29, 1.82) is 0 Å². The fraction of sp³-hybridized carbons (Fsp3) is 0.182. The molecule has 96 valence electrons. The number of carbonyl (C=O) groups excluding carboxylic acids is 1. The van der Waals surface area contributed by atoms with Gasteiger partial charge in [-0.05, 0) is 13.0 Å². The Labute approximate surface area is 107 Å². The van der Waals surface area contributed by atoms with Crippen molar-refractivity contribution in [3.8, 4) is 0 Å². The minimum absolute atomic E-state index is 0.0911. The third-order valence-electron chi connectivity index (χ3n) is 2.60. The predicted molar refractivity (Wildman–Crippen MR) is 65.3 cm³/mol. The molecule has 0 aliphatic carbocycles. The zero-order chi connectivity index (χ0) is 13.2. The number of carbonyl (C=O) groups is 1. The van der Waals surface area contributed by atoms with Crippen LogP contribution >= 0.6 is 0 Å². The Hall–Kier alpha value is -2.77. The third kappa shape index (κ3) is 2.15. The van der Waals surface area contributed by atoms with Crippen molar-refractivity contribution in [2.24, 2.45) is 0 Å². The minimum atomic E-state index is -0.360. The van der Waals surface area contributed by atoms with Gasteiger partial charge in [0.05, 0.1) is 6.54 Å². The van der Waals surface area contributed by atoms with E-state index in [1.54, 1.807) is 24.7 Å². The quantitative estimate of drug-likeness (QED) is 0.692. The molecule has 0 fully saturated rings. The van der Waals surface area contributed by atoms with E-state index in [4.69, 9.17) is 0 Å². The number of aryl methyl sites for hydroxylation is 1. The van der Waals surface area contributed by atoms with Gasteiger partial charge >= 0.3 is 0 Å². The van der Waals surface area contributed by atoms with E-state index < -0.39 is 0 Å². The molecule has 0 radical (unpaired) electrons. The lowest BCUT2D eigenvalue weighted by Gasteiger charge is -1.98. The highest BCUT2D eigenvalue weighted by Crippen LogP contribution is 2.01. The topological polar surface area (TPSA) is 101 Å². The monoisotopic (exact) mass is 257 g/mol. The van der Waals surface area contributed by atoms with E-state index in [9.17, 15) is 4.79 Å². The van der Waals surface area contributed by atoms with Crippen LogP contribution in [0.25, 0.3) is 5.78 Å². The molecule has 0 aliphatic heterocycles. The van der Waals surface area contributed by atoms with Crippen molar-refractivity contribution < 1.29 is 4.79 Å². The maximum Gasteiger partial charge on any atom is 0.291 e. The van der Waals surface area contributed by atoms with Gasteiger partial charge in [-0.25, -0.2) is 14.5 Å². The van der Waals surface area contributed by atoms with Gasteiger partial charge in [0.15, 0.2) is 0 Å². The second-order valence-electron chi connectivity index (χ2n) is 3.95. The Morgan fingerprint density at radius 2 is 2.32 bits per heavy atom. The Balaban J connectivity index is 1.80. The average molecular weight is 257 g/mol. The molecule has 8 heteroatoms. The summed E-state index contributed by atoms with van der Waals surface area (Å²) in [5, 5.41) is 6.80. The molecule has 8 nitrogen and oxygen atoms in total.